The van der Waals surface area contributed by atoms with Crippen molar-refractivity contribution in [3.05, 3.63) is 23.8 Å². The third kappa shape index (κ3) is 3.46. The Kier molecular flexibility index (Phi) is 4.47. The molecule has 0 heterocycles. The fourth-order valence-corrected chi connectivity index (χ4v) is 1.53. The third-order valence-electron chi connectivity index (χ3n) is 2.62. The number of unbranched alkanes of at least 4 members (excludes halogenated alkanes) is 1. The highest BCUT2D eigenvalue weighted by Gasteiger charge is 2.06. The van der Waals surface area contributed by atoms with Crippen molar-refractivity contribution in [2.75, 3.05) is 5.73 Å². The molecule has 0 bridgehead atoms. The average molecular weight is 207 g/mol. The highest BCUT2D eigenvalue weighted by atomic mass is 16.5. The van der Waals surface area contributed by atoms with Crippen molar-refractivity contribution in [2.24, 2.45) is 0 Å². The summed E-state index contributed by atoms with van der Waals surface area (Å²) in [5.74, 6) is 0.915. The number of rotatable bonds is 5. The van der Waals surface area contributed by atoms with Gasteiger partial charge < -0.3 is 10.5 Å². The van der Waals surface area contributed by atoms with E-state index < -0.39 is 0 Å². The largest absolute Gasteiger partial charge is 0.490 e. The molecule has 84 valence electrons. The zero-order valence-corrected chi connectivity index (χ0v) is 9.92. The van der Waals surface area contributed by atoms with E-state index in [1.165, 1.54) is 12.8 Å². The van der Waals surface area contributed by atoms with Crippen LogP contribution in [0.25, 0.3) is 0 Å². The van der Waals surface area contributed by atoms with Gasteiger partial charge in [-0.1, -0.05) is 25.8 Å². The van der Waals surface area contributed by atoms with Crippen LogP contribution in [-0.2, 0) is 0 Å². The molecule has 0 radical (unpaired) electrons. The molecule has 0 aliphatic heterocycles. The molecule has 2 heteroatoms. The van der Waals surface area contributed by atoms with E-state index in [0.717, 1.165) is 23.4 Å². The zero-order valence-electron chi connectivity index (χ0n) is 9.92. The smallest absolute Gasteiger partial charge is 0.124 e. The van der Waals surface area contributed by atoms with Crippen LogP contribution in [0, 0.1) is 6.92 Å². The molecule has 1 aromatic rings. The quantitative estimate of drug-likeness (QED) is 0.749. The number of nitrogens with two attached hydrogens (primary N) is 1. The summed E-state index contributed by atoms with van der Waals surface area (Å²) < 4.78 is 5.85. The number of hydrogen-bond donors (Lipinski definition) is 1. The predicted octanol–water partition coefficient (Wildman–Crippen LogP) is 3.53. The van der Waals surface area contributed by atoms with E-state index in [9.17, 15) is 0 Å². The van der Waals surface area contributed by atoms with Gasteiger partial charge in [0.25, 0.3) is 0 Å². The summed E-state index contributed by atoms with van der Waals surface area (Å²) in [7, 11) is 0. The SMILES string of the molecule is CCCCC(C)Oc1cccc(N)c1C. The van der Waals surface area contributed by atoms with Crippen LogP contribution < -0.4 is 10.5 Å². The molecule has 15 heavy (non-hydrogen) atoms. The maximum Gasteiger partial charge on any atom is 0.124 e. The van der Waals surface area contributed by atoms with Crippen LogP contribution in [0.15, 0.2) is 18.2 Å². The molecular formula is C13H21NO. The molecule has 0 aromatic heterocycles. The van der Waals surface area contributed by atoms with Gasteiger partial charge in [-0.25, -0.2) is 0 Å². The molecular weight excluding hydrogens is 186 g/mol. The first-order valence-electron chi connectivity index (χ1n) is 5.67. The van der Waals surface area contributed by atoms with Crippen molar-refractivity contribution in [3.63, 3.8) is 0 Å². The summed E-state index contributed by atoms with van der Waals surface area (Å²) in [6, 6.07) is 5.82. The maximum atomic E-state index is 5.85. The third-order valence-corrected chi connectivity index (χ3v) is 2.62. The number of nitrogen functional groups attached to an aromatic ring is 1. The van der Waals surface area contributed by atoms with E-state index in [1.54, 1.807) is 0 Å². The lowest BCUT2D eigenvalue weighted by Crippen LogP contribution is -2.12. The number of anilines is 1. The normalized spacial score (nSPS) is 12.5. The summed E-state index contributed by atoms with van der Waals surface area (Å²) in [6.45, 7) is 6.30. The monoisotopic (exact) mass is 207 g/mol. The lowest BCUT2D eigenvalue weighted by atomic mass is 10.1. The summed E-state index contributed by atoms with van der Waals surface area (Å²) in [4.78, 5) is 0. The molecule has 1 aromatic carbocycles. The Morgan fingerprint density at radius 2 is 2.13 bits per heavy atom. The van der Waals surface area contributed by atoms with Crippen LogP contribution in [-0.4, -0.2) is 6.10 Å². The summed E-state index contributed by atoms with van der Waals surface area (Å²) in [6.07, 6.45) is 3.79. The van der Waals surface area contributed by atoms with Crippen molar-refractivity contribution in [1.29, 1.82) is 0 Å². The average Bonchev–Trinajstić information content (AvgIpc) is 2.22. The summed E-state index contributed by atoms with van der Waals surface area (Å²) >= 11 is 0. The zero-order chi connectivity index (χ0) is 11.3. The Morgan fingerprint density at radius 1 is 1.40 bits per heavy atom. The minimum Gasteiger partial charge on any atom is -0.490 e. The fourth-order valence-electron chi connectivity index (χ4n) is 1.53. The minimum atomic E-state index is 0.269. The van der Waals surface area contributed by atoms with E-state index in [4.69, 9.17) is 10.5 Å². The molecule has 0 saturated carbocycles. The van der Waals surface area contributed by atoms with E-state index in [-0.39, 0.29) is 6.10 Å². The second kappa shape index (κ2) is 5.64. The van der Waals surface area contributed by atoms with Gasteiger partial charge in [0.05, 0.1) is 6.10 Å². The molecule has 0 aliphatic carbocycles. The highest BCUT2D eigenvalue weighted by Crippen LogP contribution is 2.24. The first-order valence-corrected chi connectivity index (χ1v) is 5.67. The van der Waals surface area contributed by atoms with Gasteiger partial charge in [0.1, 0.15) is 5.75 Å². The minimum absolute atomic E-state index is 0.269. The van der Waals surface area contributed by atoms with Crippen LogP contribution >= 0.6 is 0 Å². The first-order chi connectivity index (χ1) is 7.15. The molecule has 1 rings (SSSR count). The van der Waals surface area contributed by atoms with Crippen molar-refractivity contribution < 1.29 is 4.74 Å². The topological polar surface area (TPSA) is 35.2 Å². The van der Waals surface area contributed by atoms with Crippen LogP contribution in [0.4, 0.5) is 5.69 Å². The first kappa shape index (κ1) is 11.9. The standard InChI is InChI=1S/C13H21NO/c1-4-5-7-10(2)15-13-9-6-8-12(14)11(13)3/h6,8-10H,4-5,7,14H2,1-3H3. The van der Waals surface area contributed by atoms with Gasteiger partial charge in [-0.05, 0) is 32.4 Å². The van der Waals surface area contributed by atoms with E-state index in [1.807, 2.05) is 25.1 Å². The Hall–Kier alpha value is -1.18. The maximum absolute atomic E-state index is 5.85. The second-order valence-corrected chi connectivity index (χ2v) is 4.04. The predicted molar refractivity (Wildman–Crippen MR) is 65.2 cm³/mol. The van der Waals surface area contributed by atoms with E-state index in [0.29, 0.717) is 0 Å². The molecule has 0 fully saturated rings. The van der Waals surface area contributed by atoms with E-state index in [2.05, 4.69) is 13.8 Å². The summed E-state index contributed by atoms with van der Waals surface area (Å²) in [5, 5.41) is 0. The number of ether oxygens (including phenoxy) is 1. The summed E-state index contributed by atoms with van der Waals surface area (Å²) in [5.41, 5.74) is 7.66. The fraction of sp³-hybridized carbons (Fsp3) is 0.538. The Bertz CT molecular complexity index is 309. The molecule has 0 spiro atoms. The van der Waals surface area contributed by atoms with Crippen molar-refractivity contribution in [1.82, 2.24) is 0 Å². The van der Waals surface area contributed by atoms with Crippen LogP contribution in [0.5, 0.6) is 5.75 Å². The van der Waals surface area contributed by atoms with Crippen molar-refractivity contribution in [3.8, 4) is 5.75 Å². The Balaban J connectivity index is 2.60. The molecule has 2 N–H and O–H groups in total. The van der Waals surface area contributed by atoms with Gasteiger partial charge in [-0.3, -0.25) is 0 Å². The highest BCUT2D eigenvalue weighted by molar-refractivity contribution is 5.53. The van der Waals surface area contributed by atoms with Gasteiger partial charge in [-0.2, -0.15) is 0 Å². The lowest BCUT2D eigenvalue weighted by Gasteiger charge is -2.16. The van der Waals surface area contributed by atoms with Crippen LogP contribution in [0.2, 0.25) is 0 Å². The molecule has 0 amide bonds. The number of benzene rings is 1. The van der Waals surface area contributed by atoms with Gasteiger partial charge in [0.15, 0.2) is 0 Å². The van der Waals surface area contributed by atoms with Crippen molar-refractivity contribution in [2.45, 2.75) is 46.1 Å². The number of hydrogen-bond acceptors (Lipinski definition) is 2. The molecule has 1 unspecified atom stereocenters. The van der Waals surface area contributed by atoms with Crippen LogP contribution in [0.1, 0.15) is 38.7 Å². The Labute approximate surface area is 92.4 Å². The Morgan fingerprint density at radius 3 is 2.80 bits per heavy atom. The molecule has 2 nitrogen and oxygen atoms in total. The van der Waals surface area contributed by atoms with Gasteiger partial charge in [0, 0.05) is 11.3 Å². The van der Waals surface area contributed by atoms with Gasteiger partial charge >= 0.3 is 0 Å². The molecule has 1 atom stereocenters. The van der Waals surface area contributed by atoms with Crippen molar-refractivity contribution >= 4 is 5.69 Å². The van der Waals surface area contributed by atoms with Gasteiger partial charge in [0.2, 0.25) is 0 Å². The lowest BCUT2D eigenvalue weighted by molar-refractivity contribution is 0.206. The second-order valence-electron chi connectivity index (χ2n) is 4.04. The van der Waals surface area contributed by atoms with Gasteiger partial charge in [-0.15, -0.1) is 0 Å². The molecule has 0 saturated heterocycles. The van der Waals surface area contributed by atoms with E-state index >= 15 is 0 Å². The molecule has 0 aliphatic rings. The van der Waals surface area contributed by atoms with Crippen LogP contribution in [0.3, 0.4) is 0 Å².